The van der Waals surface area contributed by atoms with Gasteiger partial charge in [0.05, 0.1) is 10.5 Å². The molecule has 0 amide bonds. The molecule has 0 aromatic heterocycles. The van der Waals surface area contributed by atoms with E-state index in [9.17, 15) is 18.3 Å². The van der Waals surface area contributed by atoms with Crippen LogP contribution in [0, 0.1) is 0 Å². The van der Waals surface area contributed by atoms with Gasteiger partial charge >= 0.3 is 5.97 Å². The predicted octanol–water partition coefficient (Wildman–Crippen LogP) is 7.52. The van der Waals surface area contributed by atoms with Crippen molar-refractivity contribution in [3.8, 4) is 5.75 Å². The first-order valence-corrected chi connectivity index (χ1v) is 15.7. The van der Waals surface area contributed by atoms with Crippen LogP contribution < -0.4 is 0 Å². The lowest BCUT2D eigenvalue weighted by atomic mass is 9.78. The molecule has 1 N–H and O–H groups in total. The van der Waals surface area contributed by atoms with E-state index in [0.717, 1.165) is 27.8 Å². The molecule has 1 fully saturated rings. The van der Waals surface area contributed by atoms with Gasteiger partial charge in [-0.3, -0.25) is 4.79 Å². The van der Waals surface area contributed by atoms with Gasteiger partial charge in [-0.2, -0.15) is 0 Å². The molecule has 0 aliphatic carbocycles. The van der Waals surface area contributed by atoms with Crippen LogP contribution >= 0.6 is 0 Å². The third-order valence-corrected chi connectivity index (χ3v) is 10.3. The van der Waals surface area contributed by atoms with Gasteiger partial charge < -0.3 is 9.84 Å². The Hall–Kier alpha value is -3.12. The number of carbonyl (C=O) groups excluding carboxylic acids is 1. The van der Waals surface area contributed by atoms with Crippen LogP contribution in [0.3, 0.4) is 0 Å². The number of sulfone groups is 1. The molecule has 1 heterocycles. The Labute approximate surface area is 239 Å². The molecule has 0 spiro atoms. The molecule has 40 heavy (non-hydrogen) atoms. The number of hydrogen-bond acceptors (Lipinski definition) is 5. The Morgan fingerprint density at radius 3 is 1.62 bits per heavy atom. The van der Waals surface area contributed by atoms with Gasteiger partial charge in [-0.1, -0.05) is 114 Å². The number of aryl methyl sites for hydroxylation is 1. The van der Waals surface area contributed by atoms with E-state index in [-0.39, 0.29) is 36.1 Å². The standard InChI is InChI=1S/C34H42O5S/c1-33(2,3)27-19-23(20-28(32(27)36)34(4,5)6)17-18-31(35)39-26-21-29(24-13-9-7-10-14-24)40(37,38)30(22-26)25-15-11-8-12-16-25/h7-16,19-20,26,29-30,36H,17-18,21-22H2,1-6H3. The topological polar surface area (TPSA) is 80.7 Å². The maximum Gasteiger partial charge on any atom is 0.306 e. The highest BCUT2D eigenvalue weighted by Crippen LogP contribution is 2.46. The van der Waals surface area contributed by atoms with Crippen LogP contribution in [0.15, 0.2) is 72.8 Å². The minimum absolute atomic E-state index is 0.174. The normalized spacial score (nSPS) is 21.1. The Bertz CT molecular complexity index is 1340. The lowest BCUT2D eigenvalue weighted by molar-refractivity contribution is -0.150. The van der Waals surface area contributed by atoms with Crippen molar-refractivity contribution >= 4 is 15.8 Å². The molecule has 0 bridgehead atoms. The molecule has 0 saturated carbocycles. The van der Waals surface area contributed by atoms with E-state index in [1.807, 2.05) is 72.8 Å². The van der Waals surface area contributed by atoms with Crippen molar-refractivity contribution in [2.45, 2.75) is 94.7 Å². The summed E-state index contributed by atoms with van der Waals surface area (Å²) in [5.41, 5.74) is 3.62. The van der Waals surface area contributed by atoms with E-state index in [4.69, 9.17) is 4.74 Å². The lowest BCUT2D eigenvalue weighted by Crippen LogP contribution is -2.35. The molecule has 214 valence electrons. The molecule has 1 aliphatic rings. The van der Waals surface area contributed by atoms with Gasteiger partial charge in [-0.25, -0.2) is 8.42 Å². The number of phenolic OH excluding ortho intramolecular Hbond substituents is 1. The minimum atomic E-state index is -3.55. The number of ether oxygens (including phenoxy) is 1. The summed E-state index contributed by atoms with van der Waals surface area (Å²) in [6, 6.07) is 22.4. The fourth-order valence-electron chi connectivity index (χ4n) is 5.60. The van der Waals surface area contributed by atoms with Gasteiger partial charge in [0, 0.05) is 19.3 Å². The summed E-state index contributed by atoms with van der Waals surface area (Å²) in [5.74, 6) is -0.0285. The zero-order valence-corrected chi connectivity index (χ0v) is 25.3. The van der Waals surface area contributed by atoms with Crippen molar-refractivity contribution in [2.24, 2.45) is 0 Å². The van der Waals surface area contributed by atoms with Gasteiger partial charge in [0.1, 0.15) is 11.9 Å². The van der Waals surface area contributed by atoms with E-state index in [1.165, 1.54) is 0 Å². The van der Waals surface area contributed by atoms with Gasteiger partial charge in [0.2, 0.25) is 0 Å². The summed E-state index contributed by atoms with van der Waals surface area (Å²) in [7, 11) is -3.55. The molecular formula is C34H42O5S. The highest BCUT2D eigenvalue weighted by molar-refractivity contribution is 7.92. The summed E-state index contributed by atoms with van der Waals surface area (Å²) >= 11 is 0. The number of rotatable bonds is 6. The molecule has 4 rings (SSSR count). The van der Waals surface area contributed by atoms with Crippen molar-refractivity contribution < 1.29 is 23.1 Å². The van der Waals surface area contributed by atoms with E-state index in [0.29, 0.717) is 12.2 Å². The van der Waals surface area contributed by atoms with Crippen LogP contribution in [0.2, 0.25) is 0 Å². The van der Waals surface area contributed by atoms with Crippen molar-refractivity contribution in [2.75, 3.05) is 0 Å². The SMILES string of the molecule is CC(C)(C)c1cc(CCC(=O)OC2CC(c3ccccc3)S(=O)(=O)C(c3ccccc3)C2)cc(C(C)(C)C)c1O. The van der Waals surface area contributed by atoms with Crippen LogP contribution in [0.4, 0.5) is 0 Å². The molecule has 2 atom stereocenters. The third-order valence-electron chi connectivity index (χ3n) is 7.79. The second-order valence-electron chi connectivity index (χ2n) is 13.0. The average molecular weight is 563 g/mol. The first-order valence-electron chi connectivity index (χ1n) is 14.1. The van der Waals surface area contributed by atoms with Crippen LogP contribution in [-0.2, 0) is 36.6 Å². The molecule has 5 nitrogen and oxygen atoms in total. The van der Waals surface area contributed by atoms with E-state index in [1.54, 1.807) is 0 Å². The van der Waals surface area contributed by atoms with E-state index >= 15 is 0 Å². The number of aromatic hydroxyl groups is 1. The smallest absolute Gasteiger partial charge is 0.306 e. The largest absolute Gasteiger partial charge is 0.507 e. The van der Waals surface area contributed by atoms with Crippen LogP contribution in [0.5, 0.6) is 5.75 Å². The van der Waals surface area contributed by atoms with E-state index in [2.05, 4.69) is 41.5 Å². The highest BCUT2D eigenvalue weighted by atomic mass is 32.2. The molecular weight excluding hydrogens is 520 g/mol. The number of hydrogen-bond donors (Lipinski definition) is 1. The van der Waals surface area contributed by atoms with Crippen molar-refractivity contribution in [3.63, 3.8) is 0 Å². The maximum atomic E-state index is 13.7. The Kier molecular flexibility index (Phi) is 8.51. The molecule has 2 unspecified atom stereocenters. The predicted molar refractivity (Wildman–Crippen MR) is 160 cm³/mol. The molecule has 6 heteroatoms. The quantitative estimate of drug-likeness (QED) is 0.314. The van der Waals surface area contributed by atoms with Gasteiger partial charge in [-0.05, 0) is 45.1 Å². The summed E-state index contributed by atoms with van der Waals surface area (Å²) in [5, 5.41) is 9.53. The van der Waals surface area contributed by atoms with Gasteiger partial charge in [0.15, 0.2) is 9.84 Å². The molecule has 1 aliphatic heterocycles. The first kappa shape index (κ1) is 29.9. The monoisotopic (exact) mass is 562 g/mol. The summed E-state index contributed by atoms with van der Waals surface area (Å²) in [4.78, 5) is 13.1. The van der Waals surface area contributed by atoms with E-state index < -0.39 is 26.4 Å². The number of carbonyl (C=O) groups is 1. The second kappa shape index (κ2) is 11.4. The van der Waals surface area contributed by atoms with Gasteiger partial charge in [0.25, 0.3) is 0 Å². The number of phenols is 1. The van der Waals surface area contributed by atoms with Crippen LogP contribution in [-0.4, -0.2) is 25.6 Å². The van der Waals surface area contributed by atoms with Crippen LogP contribution in [0.1, 0.15) is 99.1 Å². The van der Waals surface area contributed by atoms with Crippen molar-refractivity contribution in [3.05, 3.63) is 101 Å². The molecule has 3 aromatic carbocycles. The highest BCUT2D eigenvalue weighted by Gasteiger charge is 2.44. The average Bonchev–Trinajstić information content (AvgIpc) is 2.88. The summed E-state index contributed by atoms with van der Waals surface area (Å²) < 4.78 is 33.5. The zero-order valence-electron chi connectivity index (χ0n) is 24.5. The third kappa shape index (κ3) is 6.60. The summed E-state index contributed by atoms with van der Waals surface area (Å²) in [6.45, 7) is 12.4. The summed E-state index contributed by atoms with van der Waals surface area (Å²) in [6.07, 6.45) is 0.612. The number of esters is 1. The second-order valence-corrected chi connectivity index (χ2v) is 15.3. The van der Waals surface area contributed by atoms with Crippen LogP contribution in [0.25, 0.3) is 0 Å². The number of benzene rings is 3. The Morgan fingerprint density at radius 1 is 0.800 bits per heavy atom. The van der Waals surface area contributed by atoms with Crippen molar-refractivity contribution in [1.29, 1.82) is 0 Å². The lowest BCUT2D eigenvalue weighted by Gasteiger charge is -2.35. The Balaban J connectivity index is 1.55. The molecule has 0 radical (unpaired) electrons. The Morgan fingerprint density at radius 2 is 1.23 bits per heavy atom. The zero-order chi connectivity index (χ0) is 29.3. The molecule has 1 saturated heterocycles. The maximum absolute atomic E-state index is 13.7. The fraction of sp³-hybridized carbons (Fsp3) is 0.441. The molecule has 3 aromatic rings. The fourth-order valence-corrected chi connectivity index (χ4v) is 8.03. The first-order chi connectivity index (χ1) is 18.7. The van der Waals surface area contributed by atoms with Crippen molar-refractivity contribution in [1.82, 2.24) is 0 Å². The minimum Gasteiger partial charge on any atom is -0.507 e. The van der Waals surface area contributed by atoms with Gasteiger partial charge in [-0.15, -0.1) is 0 Å².